The Hall–Kier alpha value is -3.12. The molecule has 1 heterocycles. The first-order valence-electron chi connectivity index (χ1n) is 8.86. The van der Waals surface area contributed by atoms with Crippen LogP contribution in [0.5, 0.6) is 0 Å². The minimum atomic E-state index is -0.184. The summed E-state index contributed by atoms with van der Waals surface area (Å²) in [4.78, 5) is 29.3. The zero-order valence-electron chi connectivity index (χ0n) is 15.5. The van der Waals surface area contributed by atoms with Gasteiger partial charge in [-0.05, 0) is 48.9 Å². The number of benzene rings is 2. The number of hydrogen-bond donors (Lipinski definition) is 2. The molecule has 2 N–H and O–H groups in total. The van der Waals surface area contributed by atoms with Crippen molar-refractivity contribution in [2.24, 2.45) is 0 Å². The average Bonchev–Trinajstić information content (AvgIpc) is 2.73. The third kappa shape index (κ3) is 5.96. The van der Waals surface area contributed by atoms with E-state index in [2.05, 4.69) is 15.6 Å². The van der Waals surface area contributed by atoms with Gasteiger partial charge >= 0.3 is 0 Å². The molecular weight excluding hydrogens is 370 g/mol. The number of thioether (sulfide) groups is 1. The van der Waals surface area contributed by atoms with Crippen LogP contribution in [0.4, 0.5) is 5.69 Å². The quantitative estimate of drug-likeness (QED) is 0.596. The summed E-state index contributed by atoms with van der Waals surface area (Å²) in [7, 11) is 0. The Morgan fingerprint density at radius 2 is 1.61 bits per heavy atom. The van der Waals surface area contributed by atoms with E-state index in [0.29, 0.717) is 23.5 Å². The largest absolute Gasteiger partial charge is 0.351 e. The van der Waals surface area contributed by atoms with Crippen LogP contribution in [0.25, 0.3) is 0 Å². The molecule has 0 aliphatic heterocycles. The van der Waals surface area contributed by atoms with Crippen LogP contribution in [-0.2, 0) is 11.3 Å². The number of aromatic nitrogens is 1. The van der Waals surface area contributed by atoms with Gasteiger partial charge in [0.25, 0.3) is 5.91 Å². The molecule has 1 aromatic heterocycles. The number of pyridine rings is 1. The molecule has 3 rings (SSSR count). The van der Waals surface area contributed by atoms with Crippen LogP contribution in [0.15, 0.2) is 78.0 Å². The van der Waals surface area contributed by atoms with Gasteiger partial charge in [0.15, 0.2) is 0 Å². The van der Waals surface area contributed by atoms with E-state index in [1.165, 1.54) is 17.3 Å². The fourth-order valence-electron chi connectivity index (χ4n) is 2.45. The highest BCUT2D eigenvalue weighted by Gasteiger charge is 2.07. The van der Waals surface area contributed by atoms with E-state index in [1.807, 2.05) is 43.3 Å². The number of aryl methyl sites for hydroxylation is 1. The number of amides is 2. The normalized spacial score (nSPS) is 10.3. The van der Waals surface area contributed by atoms with E-state index < -0.39 is 0 Å². The maximum Gasteiger partial charge on any atom is 0.255 e. The molecule has 0 fully saturated rings. The molecule has 2 amide bonds. The van der Waals surface area contributed by atoms with E-state index in [4.69, 9.17) is 0 Å². The van der Waals surface area contributed by atoms with Crippen molar-refractivity contribution < 1.29 is 9.59 Å². The van der Waals surface area contributed by atoms with Gasteiger partial charge in [-0.25, -0.2) is 0 Å². The van der Waals surface area contributed by atoms with Gasteiger partial charge in [-0.1, -0.05) is 29.8 Å². The lowest BCUT2D eigenvalue weighted by Crippen LogP contribution is -2.24. The van der Waals surface area contributed by atoms with Crippen molar-refractivity contribution in [1.82, 2.24) is 10.3 Å². The van der Waals surface area contributed by atoms with Gasteiger partial charge in [0.05, 0.1) is 5.75 Å². The Balaban J connectivity index is 1.45. The standard InChI is InChI=1S/C22H21N3O2S/c1-16-2-8-20(9-3-16)28-15-21(26)24-14-17-4-6-18(7-5-17)22(27)25-19-10-12-23-13-11-19/h2-13H,14-15H2,1H3,(H,24,26)(H,23,25,27). The van der Waals surface area contributed by atoms with Crippen LogP contribution < -0.4 is 10.6 Å². The topological polar surface area (TPSA) is 71.1 Å². The molecule has 0 unspecified atom stereocenters. The van der Waals surface area contributed by atoms with Crippen LogP contribution in [0.2, 0.25) is 0 Å². The second-order valence-corrected chi connectivity index (χ2v) is 7.31. The molecule has 2 aromatic carbocycles. The summed E-state index contributed by atoms with van der Waals surface area (Å²) < 4.78 is 0. The number of rotatable bonds is 7. The third-order valence-electron chi connectivity index (χ3n) is 4.03. The summed E-state index contributed by atoms with van der Waals surface area (Å²) in [5, 5.41) is 5.71. The zero-order chi connectivity index (χ0) is 19.8. The Morgan fingerprint density at radius 1 is 0.929 bits per heavy atom. The maximum absolute atomic E-state index is 12.2. The first-order valence-corrected chi connectivity index (χ1v) is 9.85. The number of hydrogen-bond acceptors (Lipinski definition) is 4. The predicted octanol–water partition coefficient (Wildman–Crippen LogP) is 4.05. The van der Waals surface area contributed by atoms with Gasteiger partial charge in [0, 0.05) is 35.1 Å². The zero-order valence-corrected chi connectivity index (χ0v) is 16.3. The Kier molecular flexibility index (Phi) is 6.81. The lowest BCUT2D eigenvalue weighted by atomic mass is 10.1. The van der Waals surface area contributed by atoms with E-state index in [-0.39, 0.29) is 11.8 Å². The number of carbonyl (C=O) groups is 2. The van der Waals surface area contributed by atoms with Crippen molar-refractivity contribution in [3.05, 3.63) is 89.7 Å². The summed E-state index contributed by atoms with van der Waals surface area (Å²) >= 11 is 1.51. The predicted molar refractivity (Wildman–Crippen MR) is 112 cm³/mol. The third-order valence-corrected chi connectivity index (χ3v) is 5.05. The molecule has 28 heavy (non-hydrogen) atoms. The summed E-state index contributed by atoms with van der Waals surface area (Å²) in [6.45, 7) is 2.47. The van der Waals surface area contributed by atoms with Gasteiger partial charge in [0.1, 0.15) is 0 Å². The van der Waals surface area contributed by atoms with Gasteiger partial charge in [-0.2, -0.15) is 0 Å². The number of nitrogens with one attached hydrogen (secondary N) is 2. The van der Waals surface area contributed by atoms with Crippen LogP contribution in [0.1, 0.15) is 21.5 Å². The molecule has 3 aromatic rings. The second kappa shape index (κ2) is 9.71. The molecule has 0 bridgehead atoms. The van der Waals surface area contributed by atoms with E-state index in [1.54, 1.807) is 36.7 Å². The van der Waals surface area contributed by atoms with Gasteiger partial charge in [0.2, 0.25) is 5.91 Å². The molecular formula is C22H21N3O2S. The molecule has 0 aliphatic rings. The maximum atomic E-state index is 12.2. The smallest absolute Gasteiger partial charge is 0.255 e. The van der Waals surface area contributed by atoms with E-state index in [9.17, 15) is 9.59 Å². The number of carbonyl (C=O) groups excluding carboxylic acids is 2. The highest BCUT2D eigenvalue weighted by Crippen LogP contribution is 2.18. The Labute approximate surface area is 168 Å². The Bertz CT molecular complexity index is 926. The summed E-state index contributed by atoms with van der Waals surface area (Å²) in [5.74, 6) is 0.163. The minimum Gasteiger partial charge on any atom is -0.351 e. The lowest BCUT2D eigenvalue weighted by molar-refractivity contribution is -0.118. The summed E-state index contributed by atoms with van der Waals surface area (Å²) in [5.41, 5.74) is 3.39. The molecule has 0 aliphatic carbocycles. The van der Waals surface area contributed by atoms with Crippen molar-refractivity contribution in [3.8, 4) is 0 Å². The molecule has 0 radical (unpaired) electrons. The molecule has 0 saturated carbocycles. The molecule has 6 heteroatoms. The summed E-state index contributed by atoms with van der Waals surface area (Å²) in [6.07, 6.45) is 3.25. The van der Waals surface area contributed by atoms with Crippen LogP contribution >= 0.6 is 11.8 Å². The number of anilines is 1. The minimum absolute atomic E-state index is 0.0231. The van der Waals surface area contributed by atoms with Crippen LogP contribution in [0, 0.1) is 6.92 Å². The fourth-order valence-corrected chi connectivity index (χ4v) is 3.18. The van der Waals surface area contributed by atoms with Crippen molar-refractivity contribution in [3.63, 3.8) is 0 Å². The SMILES string of the molecule is Cc1ccc(SCC(=O)NCc2ccc(C(=O)Nc3ccncc3)cc2)cc1. The highest BCUT2D eigenvalue weighted by atomic mass is 32.2. The molecule has 142 valence electrons. The first kappa shape index (κ1) is 19.6. The second-order valence-electron chi connectivity index (χ2n) is 6.27. The molecule has 5 nitrogen and oxygen atoms in total. The number of nitrogens with zero attached hydrogens (tertiary/aromatic N) is 1. The summed E-state index contributed by atoms with van der Waals surface area (Å²) in [6, 6.07) is 18.7. The fraction of sp³-hybridized carbons (Fsp3) is 0.136. The first-order chi connectivity index (χ1) is 13.6. The highest BCUT2D eigenvalue weighted by molar-refractivity contribution is 8.00. The monoisotopic (exact) mass is 391 g/mol. The van der Waals surface area contributed by atoms with E-state index >= 15 is 0 Å². The molecule has 0 spiro atoms. The Morgan fingerprint density at radius 3 is 2.29 bits per heavy atom. The van der Waals surface area contributed by atoms with Crippen molar-refractivity contribution in [2.45, 2.75) is 18.4 Å². The molecule has 0 atom stereocenters. The van der Waals surface area contributed by atoms with Gasteiger partial charge in [-0.15, -0.1) is 11.8 Å². The molecule has 0 saturated heterocycles. The lowest BCUT2D eigenvalue weighted by Gasteiger charge is -2.08. The van der Waals surface area contributed by atoms with Crippen molar-refractivity contribution >= 4 is 29.3 Å². The van der Waals surface area contributed by atoms with Gasteiger partial charge in [-0.3, -0.25) is 14.6 Å². The van der Waals surface area contributed by atoms with Crippen molar-refractivity contribution in [1.29, 1.82) is 0 Å². The van der Waals surface area contributed by atoms with Crippen molar-refractivity contribution in [2.75, 3.05) is 11.1 Å². The van der Waals surface area contributed by atoms with E-state index in [0.717, 1.165) is 10.5 Å². The van der Waals surface area contributed by atoms with Crippen LogP contribution in [0.3, 0.4) is 0 Å². The van der Waals surface area contributed by atoms with Crippen LogP contribution in [-0.4, -0.2) is 22.6 Å². The van der Waals surface area contributed by atoms with Gasteiger partial charge < -0.3 is 10.6 Å². The average molecular weight is 391 g/mol.